The van der Waals surface area contributed by atoms with Gasteiger partial charge in [0.1, 0.15) is 5.82 Å². The highest BCUT2D eigenvalue weighted by Gasteiger charge is 2.17. The molecule has 0 aliphatic heterocycles. The molecule has 0 saturated heterocycles. The van der Waals surface area contributed by atoms with Crippen molar-refractivity contribution in [3.63, 3.8) is 0 Å². The molecule has 0 saturated carbocycles. The van der Waals surface area contributed by atoms with Gasteiger partial charge in [0.05, 0.1) is 27.2 Å². The molecule has 10 heteroatoms. The summed E-state index contributed by atoms with van der Waals surface area (Å²) in [5.74, 6) is 1.46. The van der Waals surface area contributed by atoms with E-state index in [0.717, 1.165) is 5.56 Å². The molecule has 0 aliphatic carbocycles. The zero-order chi connectivity index (χ0) is 22.9. The fraction of sp³-hybridized carbons (Fsp3) is 0.0870. The maximum absolute atomic E-state index is 13.3. The van der Waals surface area contributed by atoms with Crippen molar-refractivity contribution in [2.75, 3.05) is 0 Å². The summed E-state index contributed by atoms with van der Waals surface area (Å²) in [6.45, 7) is 1.94. The Morgan fingerprint density at radius 1 is 1.06 bits per heavy atom. The minimum absolute atomic E-state index is 0.194. The fourth-order valence-corrected chi connectivity index (χ4v) is 4.59. The van der Waals surface area contributed by atoms with Crippen LogP contribution >= 0.6 is 35.0 Å². The monoisotopic (exact) mass is 495 g/mol. The van der Waals surface area contributed by atoms with E-state index in [4.69, 9.17) is 32.6 Å². The number of benzene rings is 2. The van der Waals surface area contributed by atoms with Crippen LogP contribution in [0, 0.1) is 6.92 Å². The SMILES string of the molecule is Cc1ccnc(-n2c(SCc3nnc(-c4ccc(Cl)cc4Cl)o3)nc3ccccc3c2=O)c1. The molecule has 7 nitrogen and oxygen atoms in total. The van der Waals surface area contributed by atoms with Gasteiger partial charge in [0.15, 0.2) is 5.16 Å². The molecule has 0 amide bonds. The van der Waals surface area contributed by atoms with Crippen LogP contribution in [0.5, 0.6) is 0 Å². The second-order valence-corrected chi connectivity index (χ2v) is 8.94. The number of nitrogens with zero attached hydrogens (tertiary/aromatic N) is 5. The van der Waals surface area contributed by atoms with Crippen LogP contribution in [-0.2, 0) is 5.75 Å². The van der Waals surface area contributed by atoms with Gasteiger partial charge in [-0.1, -0.05) is 47.1 Å². The predicted octanol–water partition coefficient (Wildman–Crippen LogP) is 5.74. The molecule has 33 heavy (non-hydrogen) atoms. The number of hydrogen-bond acceptors (Lipinski definition) is 7. The summed E-state index contributed by atoms with van der Waals surface area (Å²) in [6.07, 6.45) is 1.67. The van der Waals surface area contributed by atoms with E-state index in [-0.39, 0.29) is 11.4 Å². The molecule has 3 heterocycles. The van der Waals surface area contributed by atoms with Gasteiger partial charge in [-0.25, -0.2) is 14.5 Å². The lowest BCUT2D eigenvalue weighted by Gasteiger charge is -2.12. The van der Waals surface area contributed by atoms with E-state index < -0.39 is 0 Å². The molecule has 164 valence electrons. The zero-order valence-corrected chi connectivity index (χ0v) is 19.5. The average molecular weight is 496 g/mol. The summed E-state index contributed by atoms with van der Waals surface area (Å²) >= 11 is 13.5. The molecule has 0 spiro atoms. The summed E-state index contributed by atoms with van der Waals surface area (Å²) in [5, 5.41) is 10.1. The van der Waals surface area contributed by atoms with Crippen molar-refractivity contribution in [2.24, 2.45) is 0 Å². The number of para-hydroxylation sites is 1. The highest BCUT2D eigenvalue weighted by Crippen LogP contribution is 2.31. The van der Waals surface area contributed by atoms with E-state index >= 15 is 0 Å². The predicted molar refractivity (Wildman–Crippen MR) is 129 cm³/mol. The van der Waals surface area contributed by atoms with Crippen LogP contribution < -0.4 is 5.56 Å². The topological polar surface area (TPSA) is 86.7 Å². The Bertz CT molecular complexity index is 1550. The number of aryl methyl sites for hydroxylation is 1. The Hall–Kier alpha value is -3.20. The summed E-state index contributed by atoms with van der Waals surface area (Å²) in [6, 6.07) is 16.0. The molecule has 0 fully saturated rings. The molecule has 2 aromatic carbocycles. The van der Waals surface area contributed by atoms with Crippen LogP contribution in [-0.4, -0.2) is 24.7 Å². The van der Waals surface area contributed by atoms with Crippen molar-refractivity contribution < 1.29 is 4.42 Å². The lowest BCUT2D eigenvalue weighted by molar-refractivity contribution is 0.528. The Morgan fingerprint density at radius 3 is 2.73 bits per heavy atom. The minimum Gasteiger partial charge on any atom is -0.420 e. The first kappa shape index (κ1) is 21.6. The Labute approximate surface area is 202 Å². The van der Waals surface area contributed by atoms with E-state index in [2.05, 4.69) is 15.2 Å². The summed E-state index contributed by atoms with van der Waals surface area (Å²) in [5.41, 5.74) is 1.99. The van der Waals surface area contributed by atoms with E-state index in [0.29, 0.717) is 49.1 Å². The van der Waals surface area contributed by atoms with Crippen molar-refractivity contribution >= 4 is 45.9 Å². The third-order valence-corrected chi connectivity index (χ3v) is 6.30. The normalized spacial score (nSPS) is 11.2. The molecular formula is C23H15Cl2N5O2S. The first-order chi connectivity index (χ1) is 16.0. The van der Waals surface area contributed by atoms with Gasteiger partial charge in [0, 0.05) is 11.2 Å². The highest BCUT2D eigenvalue weighted by molar-refractivity contribution is 7.98. The molecule has 5 rings (SSSR count). The summed E-state index contributed by atoms with van der Waals surface area (Å²) in [7, 11) is 0. The Morgan fingerprint density at radius 2 is 1.91 bits per heavy atom. The molecule has 0 bridgehead atoms. The molecule has 0 aliphatic rings. The largest absolute Gasteiger partial charge is 0.420 e. The van der Waals surface area contributed by atoms with Crippen LogP contribution in [0.3, 0.4) is 0 Å². The van der Waals surface area contributed by atoms with Crippen LogP contribution in [0.4, 0.5) is 0 Å². The lowest BCUT2D eigenvalue weighted by atomic mass is 10.2. The smallest absolute Gasteiger partial charge is 0.267 e. The Balaban J connectivity index is 1.51. The maximum Gasteiger partial charge on any atom is 0.267 e. The number of aromatic nitrogens is 5. The van der Waals surface area contributed by atoms with Gasteiger partial charge in [0.2, 0.25) is 11.8 Å². The van der Waals surface area contributed by atoms with Gasteiger partial charge in [0.25, 0.3) is 5.56 Å². The van der Waals surface area contributed by atoms with Crippen LogP contribution in [0.15, 0.2) is 75.2 Å². The quantitative estimate of drug-likeness (QED) is 0.227. The molecular weight excluding hydrogens is 481 g/mol. The number of halogens is 2. The minimum atomic E-state index is -0.194. The lowest BCUT2D eigenvalue weighted by Crippen LogP contribution is -2.22. The maximum atomic E-state index is 13.3. The van der Waals surface area contributed by atoms with Crippen LogP contribution in [0.2, 0.25) is 10.0 Å². The van der Waals surface area contributed by atoms with E-state index in [9.17, 15) is 4.79 Å². The van der Waals surface area contributed by atoms with E-state index in [1.54, 1.807) is 30.5 Å². The summed E-state index contributed by atoms with van der Waals surface area (Å²) in [4.78, 5) is 22.4. The van der Waals surface area contributed by atoms with Crippen molar-refractivity contribution in [2.45, 2.75) is 17.8 Å². The van der Waals surface area contributed by atoms with E-state index in [1.165, 1.54) is 16.3 Å². The van der Waals surface area contributed by atoms with Gasteiger partial charge in [-0.15, -0.1) is 10.2 Å². The van der Waals surface area contributed by atoms with E-state index in [1.807, 2.05) is 37.3 Å². The first-order valence-electron chi connectivity index (χ1n) is 9.85. The zero-order valence-electron chi connectivity index (χ0n) is 17.2. The van der Waals surface area contributed by atoms with Gasteiger partial charge in [-0.05, 0) is 55.0 Å². The summed E-state index contributed by atoms with van der Waals surface area (Å²) < 4.78 is 7.30. The molecule has 0 unspecified atom stereocenters. The van der Waals surface area contributed by atoms with Crippen molar-refractivity contribution in [1.29, 1.82) is 0 Å². The number of rotatable bonds is 5. The average Bonchev–Trinajstić information content (AvgIpc) is 3.26. The fourth-order valence-electron chi connectivity index (χ4n) is 3.26. The van der Waals surface area contributed by atoms with Crippen LogP contribution in [0.25, 0.3) is 28.2 Å². The van der Waals surface area contributed by atoms with Crippen molar-refractivity contribution in [3.05, 3.63) is 92.6 Å². The van der Waals surface area contributed by atoms with Crippen molar-refractivity contribution in [1.82, 2.24) is 24.7 Å². The second-order valence-electron chi connectivity index (χ2n) is 7.16. The number of pyridine rings is 1. The molecule has 0 atom stereocenters. The van der Waals surface area contributed by atoms with Gasteiger partial charge in [-0.3, -0.25) is 4.79 Å². The molecule has 0 radical (unpaired) electrons. The molecule has 5 aromatic rings. The second kappa shape index (κ2) is 8.97. The molecule has 0 N–H and O–H groups in total. The highest BCUT2D eigenvalue weighted by atomic mass is 35.5. The third kappa shape index (κ3) is 4.37. The molecule has 3 aromatic heterocycles. The number of thioether (sulfide) groups is 1. The Kier molecular flexibility index (Phi) is 5.88. The van der Waals surface area contributed by atoms with Gasteiger partial charge < -0.3 is 4.42 Å². The number of hydrogen-bond donors (Lipinski definition) is 0. The standard InChI is InChI=1S/C23H15Cl2N5O2S/c1-13-8-9-26-19(10-13)30-22(31)16-4-2-3-5-18(16)27-23(30)33-12-20-28-29-21(32-20)15-7-6-14(24)11-17(15)25/h2-11H,12H2,1H3. The third-order valence-electron chi connectivity index (χ3n) is 4.83. The van der Waals surface area contributed by atoms with Gasteiger partial charge in [-0.2, -0.15) is 0 Å². The number of fused-ring (bicyclic) bond motifs is 1. The van der Waals surface area contributed by atoms with Crippen molar-refractivity contribution in [3.8, 4) is 17.3 Å². The first-order valence-corrected chi connectivity index (χ1v) is 11.6. The van der Waals surface area contributed by atoms with Crippen LogP contribution in [0.1, 0.15) is 11.5 Å². The van der Waals surface area contributed by atoms with Gasteiger partial charge >= 0.3 is 0 Å².